The number of aromatic nitrogens is 3. The number of aryl methyl sites for hydroxylation is 1. The highest BCUT2D eigenvalue weighted by molar-refractivity contribution is 14.1. The van der Waals surface area contributed by atoms with Gasteiger partial charge in [0.2, 0.25) is 0 Å². The number of carbonyl (C=O) groups is 1. The van der Waals surface area contributed by atoms with Crippen LogP contribution >= 0.6 is 34.2 Å². The summed E-state index contributed by atoms with van der Waals surface area (Å²) in [6, 6.07) is 13.0. The maximum Gasteiger partial charge on any atom is 0.255 e. The van der Waals surface area contributed by atoms with Gasteiger partial charge in [-0.05, 0) is 77.9 Å². The quantitative estimate of drug-likeness (QED) is 0.513. The predicted octanol–water partition coefficient (Wildman–Crippen LogP) is 5.18. The van der Waals surface area contributed by atoms with E-state index < -0.39 is 0 Å². The van der Waals surface area contributed by atoms with Crippen LogP contribution in [0.15, 0.2) is 42.5 Å². The highest BCUT2D eigenvalue weighted by atomic mass is 127. The topological polar surface area (TPSA) is 59.8 Å². The van der Waals surface area contributed by atoms with E-state index in [1.165, 1.54) is 12.8 Å². The number of rotatable bonds is 3. The van der Waals surface area contributed by atoms with Crippen molar-refractivity contribution in [1.82, 2.24) is 14.8 Å². The Morgan fingerprint density at radius 1 is 1.07 bits per heavy atom. The van der Waals surface area contributed by atoms with Crippen LogP contribution in [0.1, 0.15) is 35.4 Å². The van der Waals surface area contributed by atoms with Crippen molar-refractivity contribution < 1.29 is 4.79 Å². The number of halogens is 2. The van der Waals surface area contributed by atoms with Gasteiger partial charge in [0.15, 0.2) is 5.82 Å². The van der Waals surface area contributed by atoms with Crippen molar-refractivity contribution in [3.63, 3.8) is 0 Å². The molecule has 1 N–H and O–H groups in total. The molecule has 1 amide bonds. The molecule has 0 fully saturated rings. The summed E-state index contributed by atoms with van der Waals surface area (Å²) < 4.78 is 3.07. The zero-order valence-electron chi connectivity index (χ0n) is 14.6. The van der Waals surface area contributed by atoms with Gasteiger partial charge in [0, 0.05) is 33.4 Å². The van der Waals surface area contributed by atoms with Crippen LogP contribution in [-0.2, 0) is 13.0 Å². The molecule has 2 heterocycles. The molecule has 0 unspecified atom stereocenters. The molecule has 0 radical (unpaired) electrons. The Bertz CT molecular complexity index is 984. The van der Waals surface area contributed by atoms with Crippen LogP contribution in [0.3, 0.4) is 0 Å². The van der Waals surface area contributed by atoms with Gasteiger partial charge in [-0.2, -0.15) is 0 Å². The first-order valence-corrected chi connectivity index (χ1v) is 10.4. The fourth-order valence-corrected chi connectivity index (χ4v) is 3.87. The van der Waals surface area contributed by atoms with Gasteiger partial charge in [-0.15, -0.1) is 10.2 Å². The highest BCUT2D eigenvalue weighted by Crippen LogP contribution is 2.24. The number of hydrogen-bond donors (Lipinski definition) is 1. The zero-order valence-corrected chi connectivity index (χ0v) is 17.5. The van der Waals surface area contributed by atoms with Crippen molar-refractivity contribution in [3.8, 4) is 11.4 Å². The highest BCUT2D eigenvalue weighted by Gasteiger charge is 2.16. The normalized spacial score (nSPS) is 13.7. The minimum atomic E-state index is -0.159. The van der Waals surface area contributed by atoms with Crippen molar-refractivity contribution in [3.05, 3.63) is 62.4 Å². The Hall–Kier alpha value is -1.93. The number of carbonyl (C=O) groups excluding carboxylic acids is 1. The number of amides is 1. The average Bonchev–Trinajstić information content (AvgIpc) is 2.92. The number of anilines is 1. The predicted molar refractivity (Wildman–Crippen MR) is 115 cm³/mol. The number of nitrogens with zero attached hydrogens (tertiary/aromatic N) is 3. The molecule has 0 bridgehead atoms. The maximum atomic E-state index is 12.4. The maximum absolute atomic E-state index is 12.4. The van der Waals surface area contributed by atoms with E-state index in [-0.39, 0.29) is 5.91 Å². The largest absolute Gasteiger partial charge is 0.322 e. The molecule has 1 aromatic heterocycles. The molecule has 1 aliphatic rings. The van der Waals surface area contributed by atoms with Crippen molar-refractivity contribution in [2.24, 2.45) is 0 Å². The summed E-state index contributed by atoms with van der Waals surface area (Å²) in [5, 5.41) is 12.3. The Kier molecular flexibility index (Phi) is 5.45. The SMILES string of the molecule is O=C(Nc1ccc(-c2nnc3n2CCCCC3)cc1)c1ccc(Cl)c(I)c1. The summed E-state index contributed by atoms with van der Waals surface area (Å²) >= 11 is 8.14. The second kappa shape index (κ2) is 7.98. The van der Waals surface area contributed by atoms with E-state index >= 15 is 0 Å². The molecule has 3 aromatic rings. The lowest BCUT2D eigenvalue weighted by Crippen LogP contribution is -2.12. The standard InChI is InChI=1S/C20H18ClIN4O/c21-16-10-7-14(12-17(16)22)20(27)23-15-8-5-13(6-9-15)19-25-24-18-4-2-1-3-11-26(18)19/h5-10,12H,1-4,11H2,(H,23,27). The van der Waals surface area contributed by atoms with Gasteiger partial charge in [-0.25, -0.2) is 0 Å². The van der Waals surface area contributed by atoms with Crippen molar-refractivity contribution >= 4 is 45.8 Å². The van der Waals surface area contributed by atoms with Crippen molar-refractivity contribution in [1.29, 1.82) is 0 Å². The fraction of sp³-hybridized carbons (Fsp3) is 0.250. The summed E-state index contributed by atoms with van der Waals surface area (Å²) in [4.78, 5) is 12.4. The summed E-state index contributed by atoms with van der Waals surface area (Å²) in [6.45, 7) is 0.964. The van der Waals surface area contributed by atoms with Crippen LogP contribution in [0, 0.1) is 3.57 Å². The second-order valence-corrected chi connectivity index (χ2v) is 8.13. The number of hydrogen-bond acceptors (Lipinski definition) is 3. The monoisotopic (exact) mass is 492 g/mol. The Balaban J connectivity index is 1.52. The average molecular weight is 493 g/mol. The lowest BCUT2D eigenvalue weighted by Gasteiger charge is -2.09. The van der Waals surface area contributed by atoms with Crippen molar-refractivity contribution in [2.45, 2.75) is 32.2 Å². The van der Waals surface area contributed by atoms with Crippen LogP contribution in [0.5, 0.6) is 0 Å². The summed E-state index contributed by atoms with van der Waals surface area (Å²) in [6.07, 6.45) is 4.55. The molecule has 0 atom stereocenters. The molecule has 2 aromatic carbocycles. The van der Waals surface area contributed by atoms with E-state index in [4.69, 9.17) is 11.6 Å². The van der Waals surface area contributed by atoms with Gasteiger partial charge < -0.3 is 9.88 Å². The Morgan fingerprint density at radius 3 is 2.67 bits per heavy atom. The van der Waals surface area contributed by atoms with E-state index in [0.29, 0.717) is 10.6 Å². The van der Waals surface area contributed by atoms with Crippen molar-refractivity contribution in [2.75, 3.05) is 5.32 Å². The van der Waals surface area contributed by atoms with Gasteiger partial charge in [0.05, 0.1) is 5.02 Å². The molecule has 4 rings (SSSR count). The summed E-state index contributed by atoms with van der Waals surface area (Å²) in [5.41, 5.74) is 2.33. The van der Waals surface area contributed by atoms with Gasteiger partial charge in [0.25, 0.3) is 5.91 Å². The minimum Gasteiger partial charge on any atom is -0.322 e. The molecular formula is C20H18ClIN4O. The lowest BCUT2D eigenvalue weighted by atomic mass is 10.1. The van der Waals surface area contributed by atoms with Gasteiger partial charge in [0.1, 0.15) is 5.82 Å². The zero-order chi connectivity index (χ0) is 18.8. The van der Waals surface area contributed by atoms with Crippen LogP contribution in [-0.4, -0.2) is 20.7 Å². The van der Waals surface area contributed by atoms with Crippen LogP contribution < -0.4 is 5.32 Å². The minimum absolute atomic E-state index is 0.159. The molecule has 0 spiro atoms. The van der Waals surface area contributed by atoms with E-state index in [1.807, 2.05) is 24.3 Å². The Labute approximate surface area is 176 Å². The van der Waals surface area contributed by atoms with E-state index in [9.17, 15) is 4.79 Å². The molecule has 7 heteroatoms. The van der Waals surface area contributed by atoms with Crippen LogP contribution in [0.25, 0.3) is 11.4 Å². The molecule has 138 valence electrons. The van der Waals surface area contributed by atoms with Gasteiger partial charge in [-0.1, -0.05) is 18.0 Å². The number of fused-ring (bicyclic) bond motifs is 1. The molecular weight excluding hydrogens is 475 g/mol. The van der Waals surface area contributed by atoms with Gasteiger partial charge >= 0.3 is 0 Å². The smallest absolute Gasteiger partial charge is 0.255 e. The molecule has 0 aliphatic carbocycles. The first kappa shape index (κ1) is 18.4. The third-order valence-electron chi connectivity index (χ3n) is 4.69. The second-order valence-electron chi connectivity index (χ2n) is 6.56. The van der Waals surface area contributed by atoms with Crippen LogP contribution in [0.4, 0.5) is 5.69 Å². The van der Waals surface area contributed by atoms with Crippen LogP contribution in [0.2, 0.25) is 5.02 Å². The first-order valence-electron chi connectivity index (χ1n) is 8.91. The van der Waals surface area contributed by atoms with Gasteiger partial charge in [-0.3, -0.25) is 4.79 Å². The molecule has 1 aliphatic heterocycles. The third kappa shape index (κ3) is 4.01. The van der Waals surface area contributed by atoms with E-state index in [0.717, 1.165) is 45.9 Å². The fourth-order valence-electron chi connectivity index (χ4n) is 3.24. The summed E-state index contributed by atoms with van der Waals surface area (Å²) in [5.74, 6) is 1.81. The number of nitrogens with one attached hydrogen (secondary N) is 1. The number of benzene rings is 2. The lowest BCUT2D eigenvalue weighted by molar-refractivity contribution is 0.102. The molecule has 27 heavy (non-hydrogen) atoms. The molecule has 0 saturated heterocycles. The summed E-state index contributed by atoms with van der Waals surface area (Å²) in [7, 11) is 0. The van der Waals surface area contributed by atoms with E-state index in [2.05, 4.69) is 42.7 Å². The van der Waals surface area contributed by atoms with E-state index in [1.54, 1.807) is 18.2 Å². The molecule has 0 saturated carbocycles. The third-order valence-corrected chi connectivity index (χ3v) is 6.23. The first-order chi connectivity index (χ1) is 13.1. The molecule has 5 nitrogen and oxygen atoms in total. The Morgan fingerprint density at radius 2 is 1.89 bits per heavy atom.